The zero-order chi connectivity index (χ0) is 22.1. The first-order valence-electron chi connectivity index (χ1n) is 12.3. The minimum absolute atomic E-state index is 0. The molecule has 0 N–H and O–H groups in total. The molecule has 32 heavy (non-hydrogen) atoms. The van der Waals surface area contributed by atoms with Crippen LogP contribution in [0.15, 0.2) is 60.2 Å². The van der Waals surface area contributed by atoms with E-state index < -0.39 is 0 Å². The van der Waals surface area contributed by atoms with Gasteiger partial charge in [-0.25, -0.2) is 4.70 Å². The summed E-state index contributed by atoms with van der Waals surface area (Å²) < 4.78 is 1.43. The van der Waals surface area contributed by atoms with Gasteiger partial charge in [0.15, 0.2) is 0 Å². The first kappa shape index (κ1) is 26.4. The van der Waals surface area contributed by atoms with Crippen LogP contribution in [0.2, 0.25) is 0 Å². The Labute approximate surface area is 209 Å². The smallest absolute Gasteiger partial charge is 0.210 e. The Bertz CT molecular complexity index is 938. The standard InChI is InChI=1S/C29H38N2.Pd/c1-4-7-10-15-27-22-28(26-16-11-14-24(21-26)13-9-6-3)31(30)29(27)25-19-17-23(18-20-25)12-8-5-2;/h11,14,16-22H,4-10,12-13,15H2,1-3H3;. The molecule has 0 fully saturated rings. The second kappa shape index (κ2) is 13.7. The van der Waals surface area contributed by atoms with Gasteiger partial charge in [-0.15, -0.1) is 0 Å². The molecular formula is C29H38N2Pd. The van der Waals surface area contributed by atoms with Gasteiger partial charge in [-0.1, -0.05) is 70.7 Å². The quantitative estimate of drug-likeness (QED) is 0.152. The molecule has 0 saturated carbocycles. The van der Waals surface area contributed by atoms with Crippen LogP contribution < -0.4 is 0 Å². The number of benzene rings is 2. The van der Waals surface area contributed by atoms with Gasteiger partial charge in [-0.05, 0) is 73.9 Å². The first-order chi connectivity index (χ1) is 15.2. The van der Waals surface area contributed by atoms with Gasteiger partial charge in [0.25, 0.3) is 0 Å². The third-order valence-corrected chi connectivity index (χ3v) is 6.19. The molecule has 0 aliphatic carbocycles. The first-order valence-corrected chi connectivity index (χ1v) is 12.3. The zero-order valence-electron chi connectivity index (χ0n) is 20.0. The maximum atomic E-state index is 11.3. The van der Waals surface area contributed by atoms with Crippen LogP contribution >= 0.6 is 0 Å². The van der Waals surface area contributed by atoms with E-state index in [1.54, 1.807) is 0 Å². The fraction of sp³-hybridized carbons (Fsp3) is 0.448. The van der Waals surface area contributed by atoms with E-state index in [9.17, 15) is 5.53 Å². The Balaban J connectivity index is 0.00000363. The van der Waals surface area contributed by atoms with Crippen LogP contribution in [0.5, 0.6) is 0 Å². The van der Waals surface area contributed by atoms with E-state index >= 15 is 0 Å². The molecule has 0 unspecified atom stereocenters. The van der Waals surface area contributed by atoms with Crippen LogP contribution in [-0.2, 0) is 33.3 Å². The van der Waals surface area contributed by atoms with Gasteiger partial charge in [-0.3, -0.25) is 0 Å². The van der Waals surface area contributed by atoms with E-state index in [0.29, 0.717) is 0 Å². The van der Waals surface area contributed by atoms with Crippen molar-refractivity contribution in [1.29, 1.82) is 0 Å². The van der Waals surface area contributed by atoms with Gasteiger partial charge in [0.05, 0.1) is 0 Å². The molecule has 3 rings (SSSR count). The second-order valence-corrected chi connectivity index (χ2v) is 8.78. The van der Waals surface area contributed by atoms with Gasteiger partial charge in [-0.2, -0.15) is 0 Å². The van der Waals surface area contributed by atoms with Crippen LogP contribution in [0.3, 0.4) is 0 Å². The van der Waals surface area contributed by atoms with Gasteiger partial charge >= 0.3 is 0 Å². The third kappa shape index (κ3) is 6.84. The van der Waals surface area contributed by atoms with Gasteiger partial charge in [0, 0.05) is 43.2 Å². The van der Waals surface area contributed by atoms with Crippen LogP contribution in [0.25, 0.3) is 16.9 Å². The Morgan fingerprint density at radius 3 is 2.00 bits per heavy atom. The van der Waals surface area contributed by atoms with Crippen LogP contribution in [0.1, 0.15) is 94.4 Å². The molecule has 2 aromatic carbocycles. The zero-order valence-corrected chi connectivity index (χ0v) is 21.5. The van der Waals surface area contributed by atoms with Gasteiger partial charge in [0.2, 0.25) is 11.4 Å². The summed E-state index contributed by atoms with van der Waals surface area (Å²) in [6.45, 7) is 6.69. The van der Waals surface area contributed by atoms with Crippen molar-refractivity contribution in [1.82, 2.24) is 0 Å². The molecule has 3 heteroatoms. The summed E-state index contributed by atoms with van der Waals surface area (Å²) in [5, 5.41) is 0. The summed E-state index contributed by atoms with van der Waals surface area (Å²) in [6, 6.07) is 17.5. The SMILES string of the molecule is CCCCCC1=C(c2ccc(CCCC)cc2)[N+](=[N-])C(c2cccc(CCCC)c2)=C1.[Pd]. The molecule has 0 bridgehead atoms. The van der Waals surface area contributed by atoms with Crippen molar-refractivity contribution in [3.63, 3.8) is 0 Å². The summed E-state index contributed by atoms with van der Waals surface area (Å²) in [5.74, 6) is 0. The van der Waals surface area contributed by atoms with Crippen LogP contribution in [0, 0.1) is 0 Å². The van der Waals surface area contributed by atoms with Crippen molar-refractivity contribution in [3.05, 3.63) is 88.0 Å². The molecule has 0 saturated heterocycles. The number of aryl methyl sites for hydroxylation is 2. The fourth-order valence-corrected chi connectivity index (χ4v) is 4.30. The molecule has 1 heterocycles. The molecule has 1 aliphatic rings. The van der Waals surface area contributed by atoms with Crippen molar-refractivity contribution in [2.45, 2.75) is 85.0 Å². The Morgan fingerprint density at radius 1 is 0.688 bits per heavy atom. The number of hydrogen-bond acceptors (Lipinski definition) is 0. The van der Waals surface area contributed by atoms with Crippen LogP contribution in [-0.4, -0.2) is 4.70 Å². The third-order valence-electron chi connectivity index (χ3n) is 6.19. The number of rotatable bonds is 12. The minimum atomic E-state index is 0. The molecule has 174 valence electrons. The molecule has 0 aromatic heterocycles. The molecule has 0 radical (unpaired) electrons. The molecule has 0 amide bonds. The topological polar surface area (TPSA) is 25.3 Å². The molecule has 2 nitrogen and oxygen atoms in total. The second-order valence-electron chi connectivity index (χ2n) is 8.78. The predicted molar refractivity (Wildman–Crippen MR) is 133 cm³/mol. The Hall–Kier alpha value is -1.82. The summed E-state index contributed by atoms with van der Waals surface area (Å²) in [5.41, 5.74) is 19.3. The summed E-state index contributed by atoms with van der Waals surface area (Å²) in [6.07, 6.45) is 13.8. The molecular weight excluding hydrogens is 483 g/mol. The summed E-state index contributed by atoms with van der Waals surface area (Å²) in [4.78, 5) is 0. The van der Waals surface area contributed by atoms with E-state index in [4.69, 9.17) is 0 Å². The maximum absolute atomic E-state index is 11.3. The van der Waals surface area contributed by atoms with E-state index in [1.807, 2.05) is 0 Å². The van der Waals surface area contributed by atoms with E-state index in [1.165, 1.54) is 59.9 Å². The van der Waals surface area contributed by atoms with Crippen molar-refractivity contribution in [2.75, 3.05) is 0 Å². The predicted octanol–water partition coefficient (Wildman–Crippen LogP) is 8.75. The number of hydrogen-bond donors (Lipinski definition) is 0. The van der Waals surface area contributed by atoms with E-state index in [0.717, 1.165) is 48.2 Å². The Kier molecular flexibility index (Phi) is 11.3. The summed E-state index contributed by atoms with van der Waals surface area (Å²) >= 11 is 0. The van der Waals surface area contributed by atoms with Crippen LogP contribution in [0.4, 0.5) is 0 Å². The van der Waals surface area contributed by atoms with Crippen molar-refractivity contribution in [3.8, 4) is 0 Å². The van der Waals surface area contributed by atoms with E-state index in [-0.39, 0.29) is 20.4 Å². The molecule has 2 aromatic rings. The molecule has 0 atom stereocenters. The van der Waals surface area contributed by atoms with E-state index in [2.05, 4.69) is 75.4 Å². The average molecular weight is 521 g/mol. The largest absolute Gasteiger partial charge is 0.493 e. The molecule has 1 aliphatic heterocycles. The van der Waals surface area contributed by atoms with Crippen molar-refractivity contribution in [2.24, 2.45) is 0 Å². The Morgan fingerprint density at radius 2 is 1.34 bits per heavy atom. The monoisotopic (exact) mass is 520 g/mol. The number of unbranched alkanes of at least 4 members (excludes halogenated alkanes) is 4. The minimum Gasteiger partial charge on any atom is -0.493 e. The van der Waals surface area contributed by atoms with Crippen molar-refractivity contribution < 1.29 is 25.1 Å². The number of nitrogens with zero attached hydrogens (tertiary/aromatic N) is 2. The maximum Gasteiger partial charge on any atom is 0.210 e. The van der Waals surface area contributed by atoms with Crippen molar-refractivity contribution >= 4 is 11.4 Å². The fourth-order valence-electron chi connectivity index (χ4n) is 4.30. The van der Waals surface area contributed by atoms with Gasteiger partial charge in [0.1, 0.15) is 0 Å². The van der Waals surface area contributed by atoms with Gasteiger partial charge < -0.3 is 5.53 Å². The normalized spacial score (nSPS) is 13.3. The average Bonchev–Trinajstić information content (AvgIpc) is 3.13. The number of allylic oxidation sites excluding steroid dienone is 2. The summed E-state index contributed by atoms with van der Waals surface area (Å²) in [7, 11) is 0. The molecule has 0 spiro atoms.